The van der Waals surface area contributed by atoms with Crippen molar-refractivity contribution in [2.24, 2.45) is 0 Å². The van der Waals surface area contributed by atoms with Crippen LogP contribution in [0.4, 0.5) is 0 Å². The summed E-state index contributed by atoms with van der Waals surface area (Å²) in [4.78, 5) is 0. The summed E-state index contributed by atoms with van der Waals surface area (Å²) in [5.41, 5.74) is 2.23. The minimum atomic E-state index is 0.205. The fourth-order valence-corrected chi connectivity index (χ4v) is 1.32. The summed E-state index contributed by atoms with van der Waals surface area (Å²) in [7, 11) is 0. The molecular weight excluding hydrogens is 174 g/mol. The van der Waals surface area contributed by atoms with Gasteiger partial charge in [-0.25, -0.2) is 0 Å². The molecule has 0 aliphatic heterocycles. The Hall–Kier alpha value is -1.59. The molecule has 2 nitrogen and oxygen atoms in total. The van der Waals surface area contributed by atoms with Gasteiger partial charge < -0.3 is 5.11 Å². The summed E-state index contributed by atoms with van der Waals surface area (Å²) in [6.07, 6.45) is 4.88. The molecule has 0 fully saturated rings. The Kier molecular flexibility index (Phi) is 4.46. The first-order chi connectivity index (χ1) is 6.88. The molecular formula is C12H13NO. The van der Waals surface area contributed by atoms with Crippen molar-refractivity contribution in [1.29, 1.82) is 5.26 Å². The highest BCUT2D eigenvalue weighted by molar-refractivity contribution is 5.55. The van der Waals surface area contributed by atoms with Gasteiger partial charge in [-0.3, -0.25) is 0 Å². The Morgan fingerprint density at radius 2 is 2.14 bits per heavy atom. The number of nitrogens with zero attached hydrogens (tertiary/aromatic N) is 1. The number of allylic oxidation sites excluding steroid dienone is 1. The van der Waals surface area contributed by atoms with Crippen LogP contribution in [0.2, 0.25) is 0 Å². The Bertz CT molecular complexity index is 350. The number of nitriles is 1. The van der Waals surface area contributed by atoms with Crippen LogP contribution in [-0.2, 0) is 6.42 Å². The van der Waals surface area contributed by atoms with Gasteiger partial charge in [-0.15, -0.1) is 0 Å². The lowest BCUT2D eigenvalue weighted by Crippen LogP contribution is -1.92. The predicted octanol–water partition coefficient (Wildman–Crippen LogP) is 2.15. The zero-order chi connectivity index (χ0) is 10.2. The van der Waals surface area contributed by atoms with Gasteiger partial charge in [0.1, 0.15) is 0 Å². The third-order valence-corrected chi connectivity index (χ3v) is 2.00. The fourth-order valence-electron chi connectivity index (χ4n) is 1.32. The van der Waals surface area contributed by atoms with Gasteiger partial charge in [-0.05, 0) is 30.0 Å². The average molecular weight is 187 g/mol. The van der Waals surface area contributed by atoms with Crippen molar-refractivity contribution in [2.45, 2.75) is 12.8 Å². The van der Waals surface area contributed by atoms with Crippen molar-refractivity contribution in [3.05, 3.63) is 41.5 Å². The van der Waals surface area contributed by atoms with E-state index in [0.717, 1.165) is 18.4 Å². The van der Waals surface area contributed by atoms with E-state index < -0.39 is 0 Å². The minimum Gasteiger partial charge on any atom is -0.396 e. The Morgan fingerprint density at radius 3 is 2.86 bits per heavy atom. The predicted molar refractivity (Wildman–Crippen MR) is 56.5 cm³/mol. The van der Waals surface area contributed by atoms with Gasteiger partial charge >= 0.3 is 0 Å². The molecule has 72 valence electrons. The third kappa shape index (κ3) is 3.04. The first-order valence-electron chi connectivity index (χ1n) is 4.63. The molecule has 0 unspecified atom stereocenters. The lowest BCUT2D eigenvalue weighted by molar-refractivity contribution is 0.288. The molecule has 1 N–H and O–H groups in total. The fraction of sp³-hybridized carbons (Fsp3) is 0.250. The van der Waals surface area contributed by atoms with Crippen molar-refractivity contribution < 1.29 is 5.11 Å². The number of aryl methyl sites for hydroxylation is 1. The molecule has 0 radical (unpaired) electrons. The molecule has 0 amide bonds. The first kappa shape index (κ1) is 10.5. The molecule has 1 aromatic rings. The maximum absolute atomic E-state index is 8.72. The molecule has 14 heavy (non-hydrogen) atoms. The van der Waals surface area contributed by atoms with E-state index >= 15 is 0 Å². The molecule has 0 saturated carbocycles. The summed E-state index contributed by atoms with van der Waals surface area (Å²) in [5, 5.41) is 17.1. The van der Waals surface area contributed by atoms with Crippen LogP contribution in [-0.4, -0.2) is 11.7 Å². The number of hydrogen-bond donors (Lipinski definition) is 1. The van der Waals surface area contributed by atoms with Crippen LogP contribution in [0.25, 0.3) is 6.08 Å². The third-order valence-electron chi connectivity index (χ3n) is 2.00. The second-order valence-corrected chi connectivity index (χ2v) is 2.99. The molecule has 0 aromatic heterocycles. The zero-order valence-corrected chi connectivity index (χ0v) is 7.98. The normalized spacial score (nSPS) is 10.3. The summed E-state index contributed by atoms with van der Waals surface area (Å²) in [6, 6.07) is 9.88. The lowest BCUT2D eigenvalue weighted by Gasteiger charge is -2.03. The van der Waals surface area contributed by atoms with Crippen molar-refractivity contribution >= 4 is 6.08 Å². The monoisotopic (exact) mass is 187 g/mol. The average Bonchev–Trinajstić information content (AvgIpc) is 2.24. The van der Waals surface area contributed by atoms with Gasteiger partial charge in [0.05, 0.1) is 6.07 Å². The van der Waals surface area contributed by atoms with Crippen LogP contribution in [0.15, 0.2) is 30.3 Å². The lowest BCUT2D eigenvalue weighted by atomic mass is 10.0. The number of aliphatic hydroxyl groups is 1. The largest absolute Gasteiger partial charge is 0.396 e. The smallest absolute Gasteiger partial charge is 0.0912 e. The maximum atomic E-state index is 8.72. The van der Waals surface area contributed by atoms with Crippen LogP contribution in [0.5, 0.6) is 0 Å². The van der Waals surface area contributed by atoms with E-state index in [1.54, 1.807) is 6.08 Å². The first-order valence-corrected chi connectivity index (χ1v) is 4.63. The quantitative estimate of drug-likeness (QED) is 0.734. The summed E-state index contributed by atoms with van der Waals surface area (Å²) < 4.78 is 0. The van der Waals surface area contributed by atoms with Gasteiger partial charge in [-0.2, -0.15) is 5.26 Å². The second kappa shape index (κ2) is 5.95. The summed E-state index contributed by atoms with van der Waals surface area (Å²) in [6.45, 7) is 0.205. The maximum Gasteiger partial charge on any atom is 0.0912 e. The highest BCUT2D eigenvalue weighted by Crippen LogP contribution is 2.12. The van der Waals surface area contributed by atoms with Crippen molar-refractivity contribution in [3.63, 3.8) is 0 Å². The van der Waals surface area contributed by atoms with E-state index in [1.807, 2.05) is 30.3 Å². The molecule has 1 rings (SSSR count). The van der Waals surface area contributed by atoms with Crippen LogP contribution in [0.1, 0.15) is 17.5 Å². The molecule has 1 aromatic carbocycles. The van der Waals surface area contributed by atoms with E-state index in [0.29, 0.717) is 0 Å². The zero-order valence-electron chi connectivity index (χ0n) is 7.98. The molecule has 0 saturated heterocycles. The molecule has 0 spiro atoms. The van der Waals surface area contributed by atoms with E-state index in [1.165, 1.54) is 11.6 Å². The van der Waals surface area contributed by atoms with Crippen LogP contribution in [0.3, 0.4) is 0 Å². The van der Waals surface area contributed by atoms with Crippen molar-refractivity contribution in [3.8, 4) is 6.07 Å². The van der Waals surface area contributed by atoms with Crippen molar-refractivity contribution in [2.75, 3.05) is 6.61 Å². The molecule has 0 bridgehead atoms. The van der Waals surface area contributed by atoms with Gasteiger partial charge in [0.15, 0.2) is 0 Å². The highest BCUT2D eigenvalue weighted by atomic mass is 16.2. The van der Waals surface area contributed by atoms with E-state index in [4.69, 9.17) is 10.4 Å². The van der Waals surface area contributed by atoms with Crippen LogP contribution >= 0.6 is 0 Å². The van der Waals surface area contributed by atoms with Gasteiger partial charge in [0.2, 0.25) is 0 Å². The summed E-state index contributed by atoms with van der Waals surface area (Å²) >= 11 is 0. The molecule has 0 aliphatic rings. The topological polar surface area (TPSA) is 44.0 Å². The van der Waals surface area contributed by atoms with Gasteiger partial charge in [-0.1, -0.05) is 24.3 Å². The second-order valence-electron chi connectivity index (χ2n) is 2.99. The molecule has 0 heterocycles. The summed E-state index contributed by atoms with van der Waals surface area (Å²) in [5.74, 6) is 0. The molecule has 0 atom stereocenters. The number of hydrogen-bond acceptors (Lipinski definition) is 2. The van der Waals surface area contributed by atoms with E-state index in [2.05, 4.69) is 0 Å². The number of aliphatic hydroxyl groups excluding tert-OH is 1. The standard InChI is InChI=1S/C12H13NO/c13-9-3-7-11-5-1-2-6-12(11)8-4-10-14/h1-3,5-7,14H,4,8,10H2. The molecule has 2 heteroatoms. The van der Waals surface area contributed by atoms with Crippen LogP contribution < -0.4 is 0 Å². The van der Waals surface area contributed by atoms with E-state index in [9.17, 15) is 0 Å². The Labute approximate surface area is 84.1 Å². The van der Waals surface area contributed by atoms with Gasteiger partial charge in [0.25, 0.3) is 0 Å². The number of benzene rings is 1. The van der Waals surface area contributed by atoms with Gasteiger partial charge in [0, 0.05) is 12.7 Å². The van der Waals surface area contributed by atoms with Crippen molar-refractivity contribution in [1.82, 2.24) is 0 Å². The SMILES string of the molecule is N#CC=Cc1ccccc1CCCO. The highest BCUT2D eigenvalue weighted by Gasteiger charge is 1.97. The Balaban J connectivity index is 2.81. The van der Waals surface area contributed by atoms with E-state index in [-0.39, 0.29) is 6.61 Å². The van der Waals surface area contributed by atoms with Crippen LogP contribution in [0, 0.1) is 11.3 Å². The Morgan fingerprint density at radius 1 is 1.36 bits per heavy atom. The number of rotatable bonds is 4. The minimum absolute atomic E-state index is 0.205. The molecule has 0 aliphatic carbocycles.